The molecular formula is C48H27BCl8F12O4Se. The van der Waals surface area contributed by atoms with Gasteiger partial charge in [0.05, 0.1) is 20.1 Å². The number of para-hydroxylation sites is 2. The molecule has 7 rings (SSSR count). The molecule has 0 spiro atoms. The van der Waals surface area contributed by atoms with Gasteiger partial charge >= 0.3 is 177 Å². The maximum Gasteiger partial charge on any atom is 0.192 e. The average Bonchev–Trinajstić information content (AvgIpc) is 3.40. The van der Waals surface area contributed by atoms with Crippen LogP contribution in [-0.2, 0) is 9.47 Å². The molecule has 392 valence electrons. The topological polar surface area (TPSA) is 36.9 Å². The molecule has 0 fully saturated rings. The van der Waals surface area contributed by atoms with Crippen molar-refractivity contribution in [2.24, 2.45) is 0 Å². The molecule has 7 aromatic rings. The summed E-state index contributed by atoms with van der Waals surface area (Å²) in [5.41, 5.74) is -8.47. The summed E-state index contributed by atoms with van der Waals surface area (Å²) in [7, 11) is 3.37. The van der Waals surface area contributed by atoms with Crippen molar-refractivity contribution in [2.45, 2.75) is 0 Å². The second-order valence-electron chi connectivity index (χ2n) is 15.0. The van der Waals surface area contributed by atoms with Crippen LogP contribution >= 0.6 is 92.8 Å². The van der Waals surface area contributed by atoms with Gasteiger partial charge in [-0.15, -0.1) is 21.9 Å². The first-order valence-electron chi connectivity index (χ1n) is 20.5. The van der Waals surface area contributed by atoms with E-state index in [1.54, 1.807) is 14.2 Å². The fourth-order valence-corrected chi connectivity index (χ4v) is 14.5. The molecule has 0 aliphatic heterocycles. The fourth-order valence-electron chi connectivity index (χ4n) is 7.75. The molecule has 0 saturated heterocycles. The number of hydrogen-bond donors (Lipinski definition) is 0. The number of halogens is 20. The van der Waals surface area contributed by atoms with E-state index < -0.39 is 152 Å². The van der Waals surface area contributed by atoms with E-state index in [0.717, 1.165) is 11.5 Å². The van der Waals surface area contributed by atoms with Gasteiger partial charge in [0.2, 0.25) is 0 Å². The first-order chi connectivity index (χ1) is 35.0. The van der Waals surface area contributed by atoms with Gasteiger partial charge in [0.15, 0.2) is 46.5 Å². The number of hydrogen-bond acceptors (Lipinski definition) is 4. The Hall–Kier alpha value is -3.88. The molecule has 0 N–H and O–H groups in total. The molecule has 0 aliphatic rings. The largest absolute Gasteiger partial charge is 0.207 e. The normalized spacial score (nSPS) is 11.6. The Morgan fingerprint density at radius 1 is 0.338 bits per heavy atom. The summed E-state index contributed by atoms with van der Waals surface area (Å²) >= 11 is 45.0. The summed E-state index contributed by atoms with van der Waals surface area (Å²) in [4.78, 5) is 0. The molecule has 0 aliphatic carbocycles. The second-order valence-corrected chi connectivity index (χ2v) is 22.1. The van der Waals surface area contributed by atoms with Crippen LogP contribution in [0.1, 0.15) is 0 Å². The molecule has 74 heavy (non-hydrogen) atoms. The smallest absolute Gasteiger partial charge is 0.192 e. The third-order valence-corrected chi connectivity index (χ3v) is 19.1. The first kappa shape index (κ1) is 59.4. The molecule has 0 unspecified atom stereocenters. The van der Waals surface area contributed by atoms with Gasteiger partial charge in [0.25, 0.3) is 0 Å². The van der Waals surface area contributed by atoms with Gasteiger partial charge < -0.3 is 0 Å². The zero-order valence-electron chi connectivity index (χ0n) is 37.0. The molecule has 4 nitrogen and oxygen atoms in total. The van der Waals surface area contributed by atoms with Gasteiger partial charge in [-0.25, -0.2) is 52.7 Å². The first-order valence-corrected chi connectivity index (χ1v) is 26.1. The van der Waals surface area contributed by atoms with Gasteiger partial charge in [-0.05, 0) is 0 Å². The van der Waals surface area contributed by atoms with Crippen molar-refractivity contribution in [1.29, 1.82) is 0 Å². The van der Waals surface area contributed by atoms with Gasteiger partial charge in [0, 0.05) is 20.1 Å². The van der Waals surface area contributed by atoms with Crippen LogP contribution in [0.2, 0.25) is 40.2 Å². The Balaban J connectivity index is 0.000000265. The summed E-state index contributed by atoms with van der Waals surface area (Å²) in [5.74, 6) is -29.4. The van der Waals surface area contributed by atoms with E-state index in [1.165, 1.54) is 13.4 Å². The summed E-state index contributed by atoms with van der Waals surface area (Å²) in [6.45, 7) is 2.16. The van der Waals surface area contributed by atoms with Crippen LogP contribution in [0.5, 0.6) is 11.5 Å². The van der Waals surface area contributed by atoms with Crippen LogP contribution in [0.25, 0.3) is 0 Å². The number of ether oxygens (including phenoxy) is 4. The third kappa shape index (κ3) is 10.9. The molecule has 0 aromatic heterocycles. The van der Waals surface area contributed by atoms with E-state index in [0.29, 0.717) is 26.4 Å². The Labute approximate surface area is 457 Å². The van der Waals surface area contributed by atoms with Crippen LogP contribution in [0.3, 0.4) is 0 Å². The van der Waals surface area contributed by atoms with Gasteiger partial charge in [0.1, 0.15) is 29.4 Å². The average molecular weight is 1270 g/mol. The van der Waals surface area contributed by atoms with Crippen LogP contribution < -0.4 is 44.7 Å². The standard InChI is InChI=1S/C24BCl8F12.C24H27O4Se/c26-5-1(13(34)21(42)17(38)9(5)30)25(2-6(27)10(31)18(39)22(43)14(2)35,3-7(28)11(32)19(40)23(44)15(3)36)4-8(29)12(33)20(41)24(45)16(4)37;1-25-16-18-27-21-12-6-8-14-23(21)29(20-10-4-3-5-11-20)24-15-9-7-13-22(24)28-19-17-26-2/h;3-15H,16-19H2,1-2H3/q-1;+1. The monoisotopic (exact) mass is 1270 g/mol. The maximum atomic E-state index is 16.0. The molecule has 0 radical (unpaired) electrons. The molecule has 0 atom stereocenters. The van der Waals surface area contributed by atoms with E-state index in [2.05, 4.69) is 54.6 Å². The fraction of sp³-hybridized carbons (Fsp3) is 0.125. The molecule has 0 bridgehead atoms. The summed E-state index contributed by atoms with van der Waals surface area (Å²) in [6.07, 6.45) is -5.62. The van der Waals surface area contributed by atoms with Crippen molar-refractivity contribution < 1.29 is 71.6 Å². The minimum Gasteiger partial charge on any atom is -0.207 e. The van der Waals surface area contributed by atoms with Crippen molar-refractivity contribution in [3.05, 3.63) is 189 Å². The predicted octanol–water partition coefficient (Wildman–Crippen LogP) is 12.2. The molecule has 0 heterocycles. The molecular weight excluding hydrogens is 1240 g/mol. The van der Waals surface area contributed by atoms with Crippen molar-refractivity contribution in [1.82, 2.24) is 0 Å². The van der Waals surface area contributed by atoms with Crippen LogP contribution in [-0.4, -0.2) is 60.7 Å². The van der Waals surface area contributed by atoms with Crippen molar-refractivity contribution in [3.8, 4) is 11.5 Å². The molecule has 7 aromatic carbocycles. The molecule has 0 saturated carbocycles. The van der Waals surface area contributed by atoms with E-state index in [-0.39, 0.29) is 0 Å². The van der Waals surface area contributed by atoms with Crippen LogP contribution in [0.15, 0.2) is 78.9 Å². The van der Waals surface area contributed by atoms with E-state index in [9.17, 15) is 17.6 Å². The quantitative estimate of drug-likeness (QED) is 0.0337. The van der Waals surface area contributed by atoms with Crippen molar-refractivity contribution in [2.75, 3.05) is 40.6 Å². The van der Waals surface area contributed by atoms with E-state index >= 15 is 35.1 Å². The zero-order valence-corrected chi connectivity index (χ0v) is 44.8. The summed E-state index contributed by atoms with van der Waals surface area (Å²) < 4.78 is 209. The molecule has 26 heteroatoms. The van der Waals surface area contributed by atoms with Gasteiger partial charge in [-0.1, -0.05) is 92.8 Å². The minimum absolute atomic E-state index is 0.521. The van der Waals surface area contributed by atoms with Gasteiger partial charge in [-0.3, -0.25) is 0 Å². The Bertz CT molecular complexity index is 2820. The Kier molecular flexibility index (Phi) is 20.1. The Morgan fingerprint density at radius 3 is 0.892 bits per heavy atom. The van der Waals surface area contributed by atoms with Crippen LogP contribution in [0.4, 0.5) is 52.7 Å². The minimum atomic E-state index is -5.62. The Morgan fingerprint density at radius 2 is 0.608 bits per heavy atom. The number of benzene rings is 7. The number of methoxy groups -OCH3 is 2. The van der Waals surface area contributed by atoms with Crippen molar-refractivity contribution >= 4 is 148 Å². The van der Waals surface area contributed by atoms with E-state index in [1.807, 2.05) is 24.3 Å². The summed E-state index contributed by atoms with van der Waals surface area (Å²) in [6, 6.07) is 27.2. The predicted molar refractivity (Wildman–Crippen MR) is 268 cm³/mol. The van der Waals surface area contributed by atoms with E-state index in [4.69, 9.17) is 112 Å². The number of rotatable bonds is 15. The van der Waals surface area contributed by atoms with Crippen molar-refractivity contribution in [3.63, 3.8) is 0 Å². The third-order valence-electron chi connectivity index (χ3n) is 10.9. The SMILES string of the molecule is COCCOc1ccccc1[Se+](c1ccccc1)c1ccccc1OCCOC.Fc1c(F)c(Cl)c(Cl)c([B-](c2c(F)c(F)c(F)c(Cl)c2Cl)(c2c(F)c(F)c(F)c(Cl)c2Cl)c2c(F)c(F)c(F)c(Cl)c2Cl)c1F. The molecule has 0 amide bonds. The van der Waals surface area contributed by atoms with Gasteiger partial charge in [-0.2, -0.15) is 0 Å². The second kappa shape index (κ2) is 25.1. The summed E-state index contributed by atoms with van der Waals surface area (Å²) in [5, 5.41) is -13.9. The maximum absolute atomic E-state index is 16.0. The van der Waals surface area contributed by atoms with Crippen LogP contribution in [0, 0.1) is 69.8 Å². The zero-order chi connectivity index (χ0) is 54.7.